The largest absolute Gasteiger partial charge is 0.423 e. The van der Waals surface area contributed by atoms with Crippen LogP contribution in [0.2, 0.25) is 5.02 Å². The molecule has 1 unspecified atom stereocenters. The summed E-state index contributed by atoms with van der Waals surface area (Å²) in [6.45, 7) is 1.92. The number of rotatable bonds is 3. The maximum Gasteiger partial charge on any atom is 0.302 e. The highest BCUT2D eigenvalue weighted by Crippen LogP contribution is 2.33. The predicted octanol–water partition coefficient (Wildman–Crippen LogP) is 5.82. The fraction of sp³-hybridized carbons (Fsp3) is 0.0833. The third kappa shape index (κ3) is 4.02. The molecule has 7 nitrogen and oxygen atoms in total. The first-order chi connectivity index (χ1) is 16.0. The number of aromatic nitrogens is 2. The predicted molar refractivity (Wildman–Crippen MR) is 124 cm³/mol. The molecule has 1 aliphatic heterocycles. The quantitative estimate of drug-likeness (QED) is 0.416. The summed E-state index contributed by atoms with van der Waals surface area (Å²) in [5.41, 5.74) is 2.93. The van der Waals surface area contributed by atoms with E-state index in [1.54, 1.807) is 23.1 Å². The number of aliphatic imine (C=N–C) groups is 1. The van der Waals surface area contributed by atoms with E-state index >= 15 is 0 Å². The number of hydrogen-bond acceptors (Lipinski definition) is 7. The van der Waals surface area contributed by atoms with E-state index in [0.717, 1.165) is 11.3 Å². The molecule has 0 radical (unpaired) electrons. The van der Waals surface area contributed by atoms with Crippen molar-refractivity contribution in [1.29, 1.82) is 5.26 Å². The zero-order valence-corrected chi connectivity index (χ0v) is 18.1. The number of anilines is 2. The van der Waals surface area contributed by atoms with E-state index in [4.69, 9.17) is 26.3 Å². The van der Waals surface area contributed by atoms with Crippen molar-refractivity contribution in [2.45, 2.75) is 13.0 Å². The van der Waals surface area contributed by atoms with Crippen molar-refractivity contribution < 1.29 is 8.81 Å². The molecule has 4 aromatic rings. The van der Waals surface area contributed by atoms with Crippen LogP contribution < -0.4 is 10.2 Å². The van der Waals surface area contributed by atoms with Gasteiger partial charge in [-0.15, -0.1) is 0 Å². The molecule has 0 aliphatic carbocycles. The van der Waals surface area contributed by atoms with Gasteiger partial charge in [-0.05, 0) is 48.9 Å². The summed E-state index contributed by atoms with van der Waals surface area (Å²) in [4.78, 5) is 15.4. The highest BCUT2D eigenvalue weighted by Gasteiger charge is 2.27. The standard InChI is InChI=1S/C24H16ClFN6O/c1-14-10-20(17-4-2-3-5-18(17)25)29-23(32(14)22-9-6-15(12-27)13-28-22)31-24-30-19-8-7-16(26)11-21(19)33-24/h2-11,13,20H,1H3,(H,29,30,31). The number of fused-ring (bicyclic) bond motifs is 1. The Balaban J connectivity index is 1.58. The van der Waals surface area contributed by atoms with Gasteiger partial charge in [0, 0.05) is 23.0 Å². The van der Waals surface area contributed by atoms with Crippen LogP contribution in [-0.4, -0.2) is 15.9 Å². The van der Waals surface area contributed by atoms with E-state index in [9.17, 15) is 4.39 Å². The van der Waals surface area contributed by atoms with Crippen LogP contribution in [0.3, 0.4) is 0 Å². The normalized spacial score (nSPS) is 15.7. The summed E-state index contributed by atoms with van der Waals surface area (Å²) in [6.07, 6.45) is 3.45. The minimum Gasteiger partial charge on any atom is -0.423 e. The van der Waals surface area contributed by atoms with Gasteiger partial charge < -0.3 is 4.42 Å². The second-order valence-corrected chi connectivity index (χ2v) is 7.74. The van der Waals surface area contributed by atoms with Gasteiger partial charge in [-0.25, -0.2) is 14.4 Å². The number of guanidine groups is 1. The molecule has 3 heterocycles. The topological polar surface area (TPSA) is 90.3 Å². The van der Waals surface area contributed by atoms with Gasteiger partial charge in [0.15, 0.2) is 5.58 Å². The van der Waals surface area contributed by atoms with Crippen LogP contribution >= 0.6 is 11.6 Å². The van der Waals surface area contributed by atoms with Gasteiger partial charge in [0.25, 0.3) is 0 Å². The Labute approximate surface area is 193 Å². The molecule has 1 N–H and O–H groups in total. The van der Waals surface area contributed by atoms with Crippen molar-refractivity contribution in [1.82, 2.24) is 9.97 Å². The smallest absolute Gasteiger partial charge is 0.302 e. The number of nitrogens with one attached hydrogen (secondary N) is 1. The van der Waals surface area contributed by atoms with Crippen molar-refractivity contribution in [2.75, 3.05) is 10.2 Å². The van der Waals surface area contributed by atoms with E-state index < -0.39 is 5.82 Å². The van der Waals surface area contributed by atoms with Gasteiger partial charge in [0.05, 0.1) is 5.56 Å². The van der Waals surface area contributed by atoms with Crippen molar-refractivity contribution in [3.8, 4) is 6.07 Å². The monoisotopic (exact) mass is 458 g/mol. The van der Waals surface area contributed by atoms with Crippen LogP contribution in [0.5, 0.6) is 0 Å². The zero-order valence-electron chi connectivity index (χ0n) is 17.3. The third-order valence-electron chi connectivity index (χ3n) is 5.12. The van der Waals surface area contributed by atoms with Gasteiger partial charge >= 0.3 is 6.01 Å². The molecule has 0 fully saturated rings. The molecule has 162 valence electrons. The number of allylic oxidation sites excluding steroid dienone is 1. The van der Waals surface area contributed by atoms with Crippen LogP contribution in [0.4, 0.5) is 16.2 Å². The second-order valence-electron chi connectivity index (χ2n) is 7.34. The fourth-order valence-corrected chi connectivity index (χ4v) is 3.83. The molecule has 2 aromatic carbocycles. The lowest BCUT2D eigenvalue weighted by Crippen LogP contribution is -2.38. The van der Waals surface area contributed by atoms with E-state index in [1.807, 2.05) is 37.3 Å². The number of benzene rings is 2. The van der Waals surface area contributed by atoms with Crippen molar-refractivity contribution in [2.24, 2.45) is 4.99 Å². The van der Waals surface area contributed by atoms with Crippen molar-refractivity contribution in [3.05, 3.63) is 94.5 Å². The molecule has 9 heteroatoms. The number of nitrogens with zero attached hydrogens (tertiary/aromatic N) is 5. The maximum atomic E-state index is 13.6. The highest BCUT2D eigenvalue weighted by molar-refractivity contribution is 6.31. The van der Waals surface area contributed by atoms with Crippen molar-refractivity contribution >= 4 is 40.5 Å². The van der Waals surface area contributed by atoms with E-state index in [0.29, 0.717) is 33.5 Å². The van der Waals surface area contributed by atoms with Gasteiger partial charge in [0.1, 0.15) is 29.3 Å². The Morgan fingerprint density at radius 3 is 2.79 bits per heavy atom. The van der Waals surface area contributed by atoms with Crippen LogP contribution in [0.1, 0.15) is 24.1 Å². The molecule has 0 saturated carbocycles. The highest BCUT2D eigenvalue weighted by atomic mass is 35.5. The zero-order chi connectivity index (χ0) is 22.9. The van der Waals surface area contributed by atoms with Gasteiger partial charge in [-0.3, -0.25) is 10.2 Å². The number of oxazole rings is 1. The third-order valence-corrected chi connectivity index (χ3v) is 5.47. The first-order valence-electron chi connectivity index (χ1n) is 10.0. The fourth-order valence-electron chi connectivity index (χ4n) is 3.58. The number of nitriles is 1. The molecule has 0 spiro atoms. The molecule has 2 aromatic heterocycles. The summed E-state index contributed by atoms with van der Waals surface area (Å²) in [6, 6.07) is 16.9. The SMILES string of the molecule is CC1=CC(c2ccccc2Cl)N=C(Nc2nc3ccc(F)cc3o2)N1c1ccc(C#N)cn1. The lowest BCUT2D eigenvalue weighted by molar-refractivity contribution is 0.604. The second kappa shape index (κ2) is 8.37. The average molecular weight is 459 g/mol. The minimum atomic E-state index is -0.416. The summed E-state index contributed by atoms with van der Waals surface area (Å²) < 4.78 is 19.3. The summed E-state index contributed by atoms with van der Waals surface area (Å²) in [7, 11) is 0. The summed E-state index contributed by atoms with van der Waals surface area (Å²) >= 11 is 6.43. The van der Waals surface area contributed by atoms with Gasteiger partial charge in [0.2, 0.25) is 5.96 Å². The molecule has 1 atom stereocenters. The number of hydrogen-bond donors (Lipinski definition) is 1. The van der Waals surface area contributed by atoms with E-state index in [1.165, 1.54) is 18.3 Å². The number of halogens is 2. The average Bonchev–Trinajstić information content (AvgIpc) is 3.20. The Morgan fingerprint density at radius 2 is 2.03 bits per heavy atom. The Kier molecular flexibility index (Phi) is 5.24. The molecule has 0 bridgehead atoms. The molecule has 1 aliphatic rings. The Morgan fingerprint density at radius 1 is 1.18 bits per heavy atom. The van der Waals surface area contributed by atoms with E-state index in [2.05, 4.69) is 21.4 Å². The summed E-state index contributed by atoms with van der Waals surface area (Å²) in [5.74, 6) is 0.527. The summed E-state index contributed by atoms with van der Waals surface area (Å²) in [5, 5.41) is 12.8. The molecule has 5 rings (SSSR count). The molecule has 0 saturated heterocycles. The lowest BCUT2D eigenvalue weighted by atomic mass is 10.0. The van der Waals surface area contributed by atoms with Crippen LogP contribution in [0.15, 0.2) is 82.0 Å². The molecular formula is C24H16ClFN6O. The molecule has 33 heavy (non-hydrogen) atoms. The van der Waals surface area contributed by atoms with Crippen LogP contribution in [-0.2, 0) is 0 Å². The number of pyridine rings is 1. The maximum absolute atomic E-state index is 13.6. The van der Waals surface area contributed by atoms with Crippen LogP contribution in [0, 0.1) is 17.1 Å². The first-order valence-corrected chi connectivity index (χ1v) is 10.4. The Hall–Kier alpha value is -4.22. The molecular weight excluding hydrogens is 443 g/mol. The Bertz CT molecular complexity index is 1450. The minimum absolute atomic E-state index is 0.153. The van der Waals surface area contributed by atoms with Crippen molar-refractivity contribution in [3.63, 3.8) is 0 Å². The van der Waals surface area contributed by atoms with E-state index in [-0.39, 0.29) is 12.1 Å². The van der Waals surface area contributed by atoms with Gasteiger partial charge in [-0.1, -0.05) is 29.8 Å². The first kappa shape index (κ1) is 20.7. The van der Waals surface area contributed by atoms with Crippen LogP contribution in [0.25, 0.3) is 11.1 Å². The lowest BCUT2D eigenvalue weighted by Gasteiger charge is -2.31. The molecule has 0 amide bonds. The van der Waals surface area contributed by atoms with Gasteiger partial charge in [-0.2, -0.15) is 10.2 Å².